The van der Waals surface area contributed by atoms with Crippen LogP contribution in [0.4, 0.5) is 5.69 Å². The zero-order valence-electron chi connectivity index (χ0n) is 19.4. The molecule has 0 bridgehead atoms. The molecule has 0 radical (unpaired) electrons. The number of nitrogens with zero attached hydrogens (tertiary/aromatic N) is 4. The molecule has 1 aromatic heterocycles. The van der Waals surface area contributed by atoms with Gasteiger partial charge in [-0.15, -0.1) is 10.2 Å². The summed E-state index contributed by atoms with van der Waals surface area (Å²) in [7, 11) is 1.85. The minimum absolute atomic E-state index is 0.0181. The second-order valence-corrected chi connectivity index (χ2v) is 8.69. The molecule has 0 N–H and O–H groups in total. The minimum atomic E-state index is -0.0181. The Morgan fingerprint density at radius 1 is 0.824 bits per heavy atom. The molecule has 1 saturated heterocycles. The lowest BCUT2D eigenvalue weighted by atomic mass is 10.1. The van der Waals surface area contributed by atoms with Crippen molar-refractivity contribution in [2.24, 2.45) is 0 Å². The third-order valence-electron chi connectivity index (χ3n) is 6.27. The number of carbonyl (C=O) groups excluding carboxylic acids is 1. The number of carbonyl (C=O) groups is 1. The van der Waals surface area contributed by atoms with Crippen molar-refractivity contribution in [3.05, 3.63) is 90.0 Å². The van der Waals surface area contributed by atoms with Crippen LogP contribution in [0.3, 0.4) is 0 Å². The third-order valence-corrected chi connectivity index (χ3v) is 6.27. The SMILES string of the molecule is CN(Cc1ccccc1N1CCCCC1)C(=O)c1ccc(-c2nnc(-c3ccccc3)o2)cc1. The van der Waals surface area contributed by atoms with Crippen molar-refractivity contribution in [2.45, 2.75) is 25.8 Å². The van der Waals surface area contributed by atoms with Crippen LogP contribution in [0, 0.1) is 0 Å². The van der Waals surface area contributed by atoms with Crippen LogP contribution in [0.2, 0.25) is 0 Å². The van der Waals surface area contributed by atoms with E-state index in [-0.39, 0.29) is 5.91 Å². The van der Waals surface area contributed by atoms with Crippen molar-refractivity contribution in [1.82, 2.24) is 15.1 Å². The average Bonchev–Trinajstić information content (AvgIpc) is 3.40. The lowest BCUT2D eigenvalue weighted by Gasteiger charge is -2.31. The molecule has 34 heavy (non-hydrogen) atoms. The van der Waals surface area contributed by atoms with Gasteiger partial charge in [0, 0.05) is 49.1 Å². The van der Waals surface area contributed by atoms with Gasteiger partial charge in [-0.3, -0.25) is 4.79 Å². The first kappa shape index (κ1) is 21.9. The maximum absolute atomic E-state index is 13.1. The highest BCUT2D eigenvalue weighted by atomic mass is 16.4. The van der Waals surface area contributed by atoms with E-state index in [9.17, 15) is 4.79 Å². The Bertz CT molecular complexity index is 1240. The first-order valence-corrected chi connectivity index (χ1v) is 11.8. The Labute approximate surface area is 199 Å². The van der Waals surface area contributed by atoms with Crippen LogP contribution in [0.25, 0.3) is 22.9 Å². The van der Waals surface area contributed by atoms with Crippen molar-refractivity contribution in [2.75, 3.05) is 25.0 Å². The van der Waals surface area contributed by atoms with E-state index in [4.69, 9.17) is 4.42 Å². The number of piperidine rings is 1. The van der Waals surface area contributed by atoms with Crippen LogP contribution >= 0.6 is 0 Å². The van der Waals surface area contributed by atoms with E-state index in [1.54, 1.807) is 4.90 Å². The monoisotopic (exact) mass is 452 g/mol. The van der Waals surface area contributed by atoms with E-state index in [0.29, 0.717) is 23.9 Å². The van der Waals surface area contributed by atoms with Crippen molar-refractivity contribution in [1.29, 1.82) is 0 Å². The predicted molar refractivity (Wildman–Crippen MR) is 133 cm³/mol. The van der Waals surface area contributed by atoms with Gasteiger partial charge in [0.1, 0.15) is 0 Å². The van der Waals surface area contributed by atoms with Gasteiger partial charge in [-0.1, -0.05) is 36.4 Å². The highest BCUT2D eigenvalue weighted by Crippen LogP contribution is 2.26. The highest BCUT2D eigenvalue weighted by molar-refractivity contribution is 5.94. The van der Waals surface area contributed by atoms with Crippen LogP contribution in [-0.2, 0) is 6.54 Å². The lowest BCUT2D eigenvalue weighted by Crippen LogP contribution is -2.32. The average molecular weight is 453 g/mol. The summed E-state index contributed by atoms with van der Waals surface area (Å²) in [6.07, 6.45) is 3.74. The smallest absolute Gasteiger partial charge is 0.253 e. The minimum Gasteiger partial charge on any atom is -0.416 e. The van der Waals surface area contributed by atoms with Crippen molar-refractivity contribution >= 4 is 11.6 Å². The Morgan fingerprint density at radius 3 is 2.15 bits per heavy atom. The fourth-order valence-corrected chi connectivity index (χ4v) is 4.43. The summed E-state index contributed by atoms with van der Waals surface area (Å²) in [5, 5.41) is 8.31. The molecule has 2 heterocycles. The van der Waals surface area contributed by atoms with E-state index in [0.717, 1.165) is 24.2 Å². The number of rotatable bonds is 6. The second-order valence-electron chi connectivity index (χ2n) is 8.69. The largest absolute Gasteiger partial charge is 0.416 e. The molecular weight excluding hydrogens is 424 g/mol. The standard InChI is InChI=1S/C28H28N4O2/c1-31(20-24-12-6-7-13-25(24)32-18-8-3-9-19-32)28(33)23-16-14-22(15-17-23)27-30-29-26(34-27)21-10-4-2-5-11-21/h2,4-7,10-17H,3,8-9,18-20H2,1H3. The summed E-state index contributed by atoms with van der Waals surface area (Å²) in [5.74, 6) is 0.889. The molecule has 0 spiro atoms. The number of para-hydroxylation sites is 1. The molecule has 0 aliphatic carbocycles. The molecule has 3 aromatic carbocycles. The summed E-state index contributed by atoms with van der Waals surface area (Å²) >= 11 is 0. The molecule has 5 rings (SSSR count). The van der Waals surface area contributed by atoms with E-state index in [1.165, 1.54) is 30.5 Å². The molecule has 1 amide bonds. The first-order valence-electron chi connectivity index (χ1n) is 11.8. The lowest BCUT2D eigenvalue weighted by molar-refractivity contribution is 0.0785. The fraction of sp³-hybridized carbons (Fsp3) is 0.250. The normalized spacial score (nSPS) is 13.6. The Morgan fingerprint density at radius 2 is 1.44 bits per heavy atom. The van der Waals surface area contributed by atoms with E-state index >= 15 is 0 Å². The molecule has 0 atom stereocenters. The molecule has 1 aliphatic heterocycles. The van der Waals surface area contributed by atoms with Gasteiger partial charge in [-0.2, -0.15) is 0 Å². The number of aromatic nitrogens is 2. The third kappa shape index (κ3) is 4.71. The van der Waals surface area contributed by atoms with Crippen LogP contribution in [0.1, 0.15) is 35.2 Å². The zero-order chi connectivity index (χ0) is 23.3. The quantitative estimate of drug-likeness (QED) is 0.377. The van der Waals surface area contributed by atoms with Gasteiger partial charge < -0.3 is 14.2 Å². The number of hydrogen-bond donors (Lipinski definition) is 0. The summed E-state index contributed by atoms with van der Waals surface area (Å²) < 4.78 is 5.83. The van der Waals surface area contributed by atoms with Gasteiger partial charge >= 0.3 is 0 Å². The van der Waals surface area contributed by atoms with Gasteiger partial charge in [-0.05, 0) is 67.3 Å². The maximum atomic E-state index is 13.1. The maximum Gasteiger partial charge on any atom is 0.253 e. The number of amides is 1. The molecule has 172 valence electrons. The second kappa shape index (κ2) is 9.91. The number of anilines is 1. The van der Waals surface area contributed by atoms with Crippen LogP contribution in [0.5, 0.6) is 0 Å². The summed E-state index contributed by atoms with van der Waals surface area (Å²) in [4.78, 5) is 17.4. The topological polar surface area (TPSA) is 62.5 Å². The Kier molecular flexibility index (Phi) is 6.38. The van der Waals surface area contributed by atoms with Crippen molar-refractivity contribution in [3.8, 4) is 22.9 Å². The van der Waals surface area contributed by atoms with Crippen LogP contribution in [-0.4, -0.2) is 41.1 Å². The summed E-state index contributed by atoms with van der Waals surface area (Å²) in [5.41, 5.74) is 4.70. The summed E-state index contributed by atoms with van der Waals surface area (Å²) in [6.45, 7) is 2.73. The number of benzene rings is 3. The van der Waals surface area contributed by atoms with Gasteiger partial charge in [0.05, 0.1) is 0 Å². The molecule has 4 aromatic rings. The molecule has 6 heteroatoms. The summed E-state index contributed by atoms with van der Waals surface area (Å²) in [6, 6.07) is 25.4. The highest BCUT2D eigenvalue weighted by Gasteiger charge is 2.18. The Hall–Kier alpha value is -3.93. The molecule has 1 aliphatic rings. The van der Waals surface area contributed by atoms with Gasteiger partial charge in [0.2, 0.25) is 11.8 Å². The van der Waals surface area contributed by atoms with Gasteiger partial charge in [-0.25, -0.2) is 0 Å². The first-order chi connectivity index (χ1) is 16.7. The number of hydrogen-bond acceptors (Lipinski definition) is 5. The van der Waals surface area contributed by atoms with Crippen molar-refractivity contribution in [3.63, 3.8) is 0 Å². The zero-order valence-corrected chi connectivity index (χ0v) is 19.4. The van der Waals surface area contributed by atoms with Crippen molar-refractivity contribution < 1.29 is 9.21 Å². The molecule has 0 unspecified atom stereocenters. The molecular formula is C28H28N4O2. The van der Waals surface area contributed by atoms with E-state index < -0.39 is 0 Å². The predicted octanol–water partition coefficient (Wildman–Crippen LogP) is 5.67. The van der Waals surface area contributed by atoms with Crippen LogP contribution < -0.4 is 4.90 Å². The molecule has 6 nitrogen and oxygen atoms in total. The van der Waals surface area contributed by atoms with Gasteiger partial charge in [0.15, 0.2) is 0 Å². The molecule has 1 fully saturated rings. The van der Waals surface area contributed by atoms with E-state index in [2.05, 4.69) is 33.3 Å². The van der Waals surface area contributed by atoms with Crippen LogP contribution in [0.15, 0.2) is 83.3 Å². The van der Waals surface area contributed by atoms with E-state index in [1.807, 2.05) is 67.7 Å². The van der Waals surface area contributed by atoms with Gasteiger partial charge in [0.25, 0.3) is 5.91 Å². The Balaban J connectivity index is 1.28. The molecule has 0 saturated carbocycles. The fourth-order valence-electron chi connectivity index (χ4n) is 4.43.